The van der Waals surface area contributed by atoms with Gasteiger partial charge in [-0.25, -0.2) is 18.2 Å². The van der Waals surface area contributed by atoms with Crippen molar-refractivity contribution in [2.75, 3.05) is 29.1 Å². The quantitative estimate of drug-likeness (QED) is 0.550. The number of pyridine rings is 1. The van der Waals surface area contributed by atoms with Crippen LogP contribution in [0.4, 0.5) is 16.3 Å². The number of sulfone groups is 1. The van der Waals surface area contributed by atoms with Gasteiger partial charge in [-0.05, 0) is 68.5 Å². The van der Waals surface area contributed by atoms with Crippen LogP contribution in [0.1, 0.15) is 44.2 Å². The number of carbonyl (C=O) groups is 1. The molecule has 2 amide bonds. The van der Waals surface area contributed by atoms with Crippen molar-refractivity contribution in [1.82, 2.24) is 19.7 Å². The van der Waals surface area contributed by atoms with Crippen molar-refractivity contribution in [3.8, 4) is 11.5 Å². The van der Waals surface area contributed by atoms with E-state index in [2.05, 4.69) is 10.2 Å². The number of urea groups is 1. The minimum Gasteiger partial charge on any atom is -0.310 e. The summed E-state index contributed by atoms with van der Waals surface area (Å²) in [5, 5.41) is 8.21. The van der Waals surface area contributed by atoms with Gasteiger partial charge in [0, 0.05) is 31.1 Å². The summed E-state index contributed by atoms with van der Waals surface area (Å²) in [5.41, 5.74) is 2.18. The lowest BCUT2D eigenvalue weighted by atomic mass is 10.1. The molecule has 1 saturated heterocycles. The lowest BCUT2D eigenvalue weighted by molar-refractivity contribution is 0.255. The molecule has 1 aromatic carbocycles. The minimum atomic E-state index is -3.32. The topological polar surface area (TPSA) is 101 Å². The third-order valence-corrected chi connectivity index (χ3v) is 7.27. The molecule has 2 aliphatic rings. The average Bonchev–Trinajstić information content (AvgIpc) is 3.37. The van der Waals surface area contributed by atoms with Crippen LogP contribution >= 0.6 is 0 Å². The van der Waals surface area contributed by atoms with Crippen LogP contribution in [0.5, 0.6) is 0 Å². The molecule has 5 rings (SSSR count). The van der Waals surface area contributed by atoms with Crippen molar-refractivity contribution in [1.29, 1.82) is 0 Å². The first kappa shape index (κ1) is 21.6. The summed E-state index contributed by atoms with van der Waals surface area (Å²) in [6, 6.07) is 10.7. The van der Waals surface area contributed by atoms with Crippen LogP contribution < -0.4 is 9.80 Å². The molecule has 0 N–H and O–H groups in total. The predicted octanol–water partition coefficient (Wildman–Crippen LogP) is 3.65. The number of nitrogens with zero attached hydrogens (tertiary/aromatic N) is 6. The maximum Gasteiger partial charge on any atom is 0.330 e. The Morgan fingerprint density at radius 2 is 1.82 bits per heavy atom. The first-order valence-electron chi connectivity index (χ1n) is 11.0. The van der Waals surface area contributed by atoms with Gasteiger partial charge in [-0.2, -0.15) is 0 Å². The minimum absolute atomic E-state index is 0.180. The Hall–Kier alpha value is -3.27. The second kappa shape index (κ2) is 7.95. The highest BCUT2D eigenvalue weighted by Crippen LogP contribution is 2.44. The van der Waals surface area contributed by atoms with Gasteiger partial charge < -0.3 is 4.57 Å². The fraction of sp³-hybridized carbons (Fsp3) is 0.391. The smallest absolute Gasteiger partial charge is 0.310 e. The van der Waals surface area contributed by atoms with Crippen LogP contribution in [0.3, 0.4) is 0 Å². The van der Waals surface area contributed by atoms with Crippen LogP contribution in [0.2, 0.25) is 0 Å². The number of amides is 2. The molecular formula is C23H26N6O3S. The number of benzene rings is 1. The van der Waals surface area contributed by atoms with Gasteiger partial charge in [0.15, 0.2) is 15.7 Å². The second-order valence-corrected chi connectivity index (χ2v) is 10.9. The molecule has 3 heterocycles. The van der Waals surface area contributed by atoms with Crippen molar-refractivity contribution >= 4 is 27.4 Å². The molecule has 0 unspecified atom stereocenters. The summed E-state index contributed by atoms with van der Waals surface area (Å²) < 4.78 is 26.4. The van der Waals surface area contributed by atoms with E-state index < -0.39 is 9.84 Å². The largest absolute Gasteiger partial charge is 0.330 e. The molecule has 0 bridgehead atoms. The first-order chi connectivity index (χ1) is 15.7. The SMILES string of the molecule is CC(C)n1cnnc1-c1cccc(N2CCN(c3ccc(S(C)(=O)=O)c(C4CC4)c3)C2=O)n1. The number of aromatic nitrogens is 4. The monoisotopic (exact) mass is 466 g/mol. The molecular weight excluding hydrogens is 440 g/mol. The van der Waals surface area contributed by atoms with Gasteiger partial charge in [0.2, 0.25) is 0 Å². The Bertz CT molecular complexity index is 1330. The summed E-state index contributed by atoms with van der Waals surface area (Å²) in [6.07, 6.45) is 4.86. The van der Waals surface area contributed by atoms with E-state index in [-0.39, 0.29) is 18.0 Å². The molecule has 10 heteroatoms. The van der Waals surface area contributed by atoms with E-state index in [1.165, 1.54) is 6.26 Å². The van der Waals surface area contributed by atoms with Gasteiger partial charge in [0.1, 0.15) is 17.8 Å². The Morgan fingerprint density at radius 3 is 2.52 bits per heavy atom. The molecule has 33 heavy (non-hydrogen) atoms. The summed E-state index contributed by atoms with van der Waals surface area (Å²) in [6.45, 7) is 5.07. The highest BCUT2D eigenvalue weighted by molar-refractivity contribution is 7.90. The zero-order chi connectivity index (χ0) is 23.3. The van der Waals surface area contributed by atoms with Crippen LogP contribution in [-0.2, 0) is 9.84 Å². The Morgan fingerprint density at radius 1 is 1.06 bits per heavy atom. The van der Waals surface area contributed by atoms with Gasteiger partial charge in [0.05, 0.1) is 4.90 Å². The highest BCUT2D eigenvalue weighted by Gasteiger charge is 2.34. The van der Waals surface area contributed by atoms with Crippen LogP contribution in [0.15, 0.2) is 47.6 Å². The van der Waals surface area contributed by atoms with Crippen molar-refractivity contribution in [3.05, 3.63) is 48.3 Å². The maximum absolute atomic E-state index is 13.3. The predicted molar refractivity (Wildman–Crippen MR) is 125 cm³/mol. The number of rotatable bonds is 6. The third-order valence-electron chi connectivity index (χ3n) is 6.10. The Labute approximate surface area is 193 Å². The molecule has 0 atom stereocenters. The van der Waals surface area contributed by atoms with Gasteiger partial charge >= 0.3 is 6.03 Å². The molecule has 1 aliphatic carbocycles. The van der Waals surface area contributed by atoms with E-state index in [1.54, 1.807) is 28.3 Å². The Kier molecular flexibility index (Phi) is 5.19. The van der Waals surface area contributed by atoms with E-state index in [9.17, 15) is 13.2 Å². The summed E-state index contributed by atoms with van der Waals surface area (Å²) in [4.78, 5) is 21.7. The standard InChI is InChI=1S/C23H26N6O3S/c1-15(2)29-14-24-26-22(29)19-5-4-6-21(25-19)28-12-11-27(23(28)30)17-9-10-20(33(3,31)32)18(13-17)16-7-8-16/h4-6,9-10,13-16H,7-8,11-12H2,1-3H3. The summed E-state index contributed by atoms with van der Waals surface area (Å²) in [7, 11) is -3.32. The van der Waals surface area contributed by atoms with Crippen LogP contribution in [0.25, 0.3) is 11.5 Å². The Balaban J connectivity index is 1.44. The van der Waals surface area contributed by atoms with E-state index in [0.29, 0.717) is 41.0 Å². The normalized spacial score (nSPS) is 16.8. The number of hydrogen-bond acceptors (Lipinski definition) is 6. The molecule has 0 spiro atoms. The van der Waals surface area contributed by atoms with E-state index in [0.717, 1.165) is 18.4 Å². The van der Waals surface area contributed by atoms with Crippen LogP contribution in [0, 0.1) is 0 Å². The zero-order valence-corrected chi connectivity index (χ0v) is 19.7. The lowest BCUT2D eigenvalue weighted by Gasteiger charge is -2.20. The average molecular weight is 467 g/mol. The maximum atomic E-state index is 13.3. The molecule has 172 valence electrons. The zero-order valence-electron chi connectivity index (χ0n) is 18.8. The summed E-state index contributed by atoms with van der Waals surface area (Å²) >= 11 is 0. The summed E-state index contributed by atoms with van der Waals surface area (Å²) in [5.74, 6) is 1.45. The van der Waals surface area contributed by atoms with Gasteiger partial charge in [-0.15, -0.1) is 10.2 Å². The van der Waals surface area contributed by atoms with Gasteiger partial charge in [-0.3, -0.25) is 9.80 Å². The lowest BCUT2D eigenvalue weighted by Crippen LogP contribution is -2.32. The molecule has 1 aliphatic heterocycles. The fourth-order valence-electron chi connectivity index (χ4n) is 4.25. The first-order valence-corrected chi connectivity index (χ1v) is 12.9. The van der Waals surface area contributed by atoms with Crippen molar-refractivity contribution in [3.63, 3.8) is 0 Å². The van der Waals surface area contributed by atoms with Crippen molar-refractivity contribution < 1.29 is 13.2 Å². The molecule has 0 radical (unpaired) electrons. The highest BCUT2D eigenvalue weighted by atomic mass is 32.2. The fourth-order valence-corrected chi connectivity index (χ4v) is 5.21. The van der Waals surface area contributed by atoms with E-state index in [4.69, 9.17) is 4.98 Å². The van der Waals surface area contributed by atoms with Crippen LogP contribution in [-0.4, -0.2) is 53.5 Å². The molecule has 2 aromatic heterocycles. The van der Waals surface area contributed by atoms with Gasteiger partial charge in [0.25, 0.3) is 0 Å². The van der Waals surface area contributed by atoms with Crippen molar-refractivity contribution in [2.24, 2.45) is 0 Å². The number of hydrogen-bond donors (Lipinski definition) is 0. The number of carbonyl (C=O) groups excluding carboxylic acids is 1. The number of anilines is 2. The third kappa shape index (κ3) is 3.99. The van der Waals surface area contributed by atoms with E-state index >= 15 is 0 Å². The molecule has 9 nitrogen and oxygen atoms in total. The van der Waals surface area contributed by atoms with Gasteiger partial charge in [-0.1, -0.05) is 6.07 Å². The van der Waals surface area contributed by atoms with Crippen molar-refractivity contribution in [2.45, 2.75) is 43.5 Å². The molecule has 2 fully saturated rings. The van der Waals surface area contributed by atoms with E-state index in [1.807, 2.05) is 42.7 Å². The second-order valence-electron chi connectivity index (χ2n) is 8.89. The molecule has 3 aromatic rings. The molecule has 1 saturated carbocycles.